The number of esters is 1. The third-order valence-electron chi connectivity index (χ3n) is 9.07. The van der Waals surface area contributed by atoms with Crippen LogP contribution in [0.5, 0.6) is 0 Å². The highest BCUT2D eigenvalue weighted by Gasteiger charge is 2.61. The Labute approximate surface area is 141 Å². The highest BCUT2D eigenvalue weighted by molar-refractivity contribution is 5.73. The van der Waals surface area contributed by atoms with E-state index in [4.69, 9.17) is 4.74 Å². The predicted octanol–water partition coefficient (Wildman–Crippen LogP) is 5.21. The number of fused-ring (bicyclic) bond motifs is 5. The molecule has 0 aromatic rings. The Morgan fingerprint density at radius 3 is 2.43 bits per heavy atom. The maximum atomic E-state index is 12.3. The highest BCUT2D eigenvalue weighted by Crippen LogP contribution is 2.67. The average Bonchev–Trinajstić information content (AvgIpc) is 2.91. The van der Waals surface area contributed by atoms with Crippen LogP contribution in [0, 0.1) is 40.4 Å². The van der Waals surface area contributed by atoms with Crippen LogP contribution in [0.1, 0.15) is 78.1 Å². The summed E-state index contributed by atoms with van der Waals surface area (Å²) < 4.78 is 5.15. The fourth-order valence-electron chi connectivity index (χ4n) is 7.82. The molecule has 0 bridgehead atoms. The van der Waals surface area contributed by atoms with E-state index in [0.717, 1.165) is 30.1 Å². The molecule has 4 fully saturated rings. The van der Waals surface area contributed by atoms with Crippen molar-refractivity contribution in [3.8, 4) is 0 Å². The van der Waals surface area contributed by atoms with Crippen molar-refractivity contribution in [3.05, 3.63) is 0 Å². The number of carbonyl (C=O) groups excluding carboxylic acids is 1. The summed E-state index contributed by atoms with van der Waals surface area (Å²) in [6.07, 6.45) is 13.7. The molecule has 0 aromatic heterocycles. The topological polar surface area (TPSA) is 26.3 Å². The van der Waals surface area contributed by atoms with E-state index < -0.39 is 0 Å². The zero-order valence-electron chi connectivity index (χ0n) is 15.3. The quantitative estimate of drug-likeness (QED) is 0.620. The smallest absolute Gasteiger partial charge is 0.309 e. The van der Waals surface area contributed by atoms with Crippen LogP contribution in [0.4, 0.5) is 0 Å². The van der Waals surface area contributed by atoms with Crippen molar-refractivity contribution in [1.29, 1.82) is 0 Å². The average molecular weight is 319 g/mol. The third kappa shape index (κ3) is 2.15. The van der Waals surface area contributed by atoms with Crippen LogP contribution in [0.2, 0.25) is 0 Å². The lowest BCUT2D eigenvalue weighted by molar-refractivity contribution is -0.155. The maximum Gasteiger partial charge on any atom is 0.309 e. The van der Waals surface area contributed by atoms with E-state index >= 15 is 0 Å². The lowest BCUT2D eigenvalue weighted by atomic mass is 9.45. The SMILES string of the molecule is COC(=O)[C@H]1CC[C@H]2[C@@H]3CCC4CCCC[C@]4(C)[C@H]3CC[C@]12C. The molecule has 1 unspecified atom stereocenters. The molecule has 23 heavy (non-hydrogen) atoms. The van der Waals surface area contributed by atoms with Crippen LogP contribution >= 0.6 is 0 Å². The van der Waals surface area contributed by atoms with E-state index in [0.29, 0.717) is 5.41 Å². The van der Waals surface area contributed by atoms with Crippen molar-refractivity contribution in [2.45, 2.75) is 78.1 Å². The van der Waals surface area contributed by atoms with Crippen molar-refractivity contribution in [2.24, 2.45) is 40.4 Å². The molecule has 4 saturated carbocycles. The minimum Gasteiger partial charge on any atom is -0.469 e. The number of rotatable bonds is 1. The largest absolute Gasteiger partial charge is 0.469 e. The maximum absolute atomic E-state index is 12.3. The van der Waals surface area contributed by atoms with Crippen LogP contribution in [0.25, 0.3) is 0 Å². The summed E-state index contributed by atoms with van der Waals surface area (Å²) in [4.78, 5) is 12.3. The second-order valence-electron chi connectivity index (χ2n) is 9.60. The van der Waals surface area contributed by atoms with Gasteiger partial charge >= 0.3 is 5.97 Å². The second-order valence-corrected chi connectivity index (χ2v) is 9.60. The summed E-state index contributed by atoms with van der Waals surface area (Å²) in [7, 11) is 1.57. The number of hydrogen-bond acceptors (Lipinski definition) is 2. The van der Waals surface area contributed by atoms with Gasteiger partial charge in [-0.1, -0.05) is 26.7 Å². The summed E-state index contributed by atoms with van der Waals surface area (Å²) in [6.45, 7) is 5.04. The fourth-order valence-corrected chi connectivity index (χ4v) is 7.82. The highest BCUT2D eigenvalue weighted by atomic mass is 16.5. The van der Waals surface area contributed by atoms with Crippen molar-refractivity contribution >= 4 is 5.97 Å². The minimum absolute atomic E-state index is 0.0611. The van der Waals surface area contributed by atoms with Gasteiger partial charge in [0.05, 0.1) is 13.0 Å². The molecule has 0 radical (unpaired) electrons. The Morgan fingerprint density at radius 2 is 1.65 bits per heavy atom. The van der Waals surface area contributed by atoms with Gasteiger partial charge in [-0.2, -0.15) is 0 Å². The fraction of sp³-hybridized carbons (Fsp3) is 0.952. The molecule has 4 aliphatic rings. The molecule has 0 heterocycles. The van der Waals surface area contributed by atoms with E-state index in [1.54, 1.807) is 7.11 Å². The molecule has 2 heteroatoms. The van der Waals surface area contributed by atoms with Gasteiger partial charge in [0.2, 0.25) is 0 Å². The normalized spacial score (nSPS) is 52.2. The Balaban J connectivity index is 1.61. The molecule has 4 rings (SSSR count). The molecule has 0 aromatic carbocycles. The van der Waals surface area contributed by atoms with Gasteiger partial charge in [0.1, 0.15) is 0 Å². The second kappa shape index (κ2) is 5.49. The zero-order valence-corrected chi connectivity index (χ0v) is 15.3. The molecule has 7 atom stereocenters. The van der Waals surface area contributed by atoms with Crippen LogP contribution in [0.15, 0.2) is 0 Å². The van der Waals surface area contributed by atoms with Gasteiger partial charge in [0.15, 0.2) is 0 Å². The molecule has 4 aliphatic carbocycles. The van der Waals surface area contributed by atoms with Gasteiger partial charge in [-0.3, -0.25) is 4.79 Å². The molecule has 0 N–H and O–H groups in total. The molecular weight excluding hydrogens is 284 g/mol. The number of hydrogen-bond donors (Lipinski definition) is 0. The van der Waals surface area contributed by atoms with Crippen molar-refractivity contribution in [2.75, 3.05) is 7.11 Å². The van der Waals surface area contributed by atoms with E-state index in [2.05, 4.69) is 13.8 Å². The van der Waals surface area contributed by atoms with Gasteiger partial charge in [-0.15, -0.1) is 0 Å². The van der Waals surface area contributed by atoms with Gasteiger partial charge in [0.25, 0.3) is 0 Å². The van der Waals surface area contributed by atoms with Crippen molar-refractivity contribution in [3.63, 3.8) is 0 Å². The zero-order chi connectivity index (χ0) is 16.2. The molecule has 0 spiro atoms. The summed E-state index contributed by atoms with van der Waals surface area (Å²) >= 11 is 0. The molecule has 0 amide bonds. The van der Waals surface area contributed by atoms with Gasteiger partial charge in [0, 0.05) is 0 Å². The first-order chi connectivity index (χ1) is 11.0. The summed E-state index contributed by atoms with van der Waals surface area (Å²) in [5, 5.41) is 0. The predicted molar refractivity (Wildman–Crippen MR) is 91.9 cm³/mol. The Kier molecular flexibility index (Phi) is 3.81. The van der Waals surface area contributed by atoms with Crippen LogP contribution in [-0.2, 0) is 9.53 Å². The van der Waals surface area contributed by atoms with Crippen LogP contribution in [0.3, 0.4) is 0 Å². The van der Waals surface area contributed by atoms with E-state index in [-0.39, 0.29) is 17.3 Å². The molecule has 2 nitrogen and oxygen atoms in total. The third-order valence-corrected chi connectivity index (χ3v) is 9.07. The monoisotopic (exact) mass is 318 g/mol. The van der Waals surface area contributed by atoms with Gasteiger partial charge < -0.3 is 4.74 Å². The Bertz CT molecular complexity index is 486. The first kappa shape index (κ1) is 16.0. The van der Waals surface area contributed by atoms with Crippen molar-refractivity contribution < 1.29 is 9.53 Å². The number of ether oxygens (including phenoxy) is 1. The summed E-state index contributed by atoms with van der Waals surface area (Å²) in [6, 6.07) is 0. The van der Waals surface area contributed by atoms with E-state index in [1.165, 1.54) is 57.8 Å². The van der Waals surface area contributed by atoms with Crippen LogP contribution < -0.4 is 0 Å². The van der Waals surface area contributed by atoms with Gasteiger partial charge in [-0.05, 0) is 85.9 Å². The molecule has 0 aliphatic heterocycles. The standard InChI is InChI=1S/C21H34O2/c1-20-12-5-4-6-14(20)7-8-15-16-9-10-18(19(22)23-3)21(16,2)13-11-17(15)20/h14-18H,4-13H2,1-3H3/t14?,15-,16-,17-,18+,20-,21-/m0/s1. The minimum atomic E-state index is 0.0611. The lowest BCUT2D eigenvalue weighted by Crippen LogP contribution is -2.53. The van der Waals surface area contributed by atoms with Crippen molar-refractivity contribution in [1.82, 2.24) is 0 Å². The number of carbonyl (C=O) groups is 1. The lowest BCUT2D eigenvalue weighted by Gasteiger charge is -2.60. The molecular formula is C21H34O2. The molecule has 0 saturated heterocycles. The van der Waals surface area contributed by atoms with E-state index in [9.17, 15) is 4.79 Å². The summed E-state index contributed by atoms with van der Waals surface area (Å²) in [5.41, 5.74) is 0.817. The Morgan fingerprint density at radius 1 is 0.870 bits per heavy atom. The number of methoxy groups -OCH3 is 1. The first-order valence-corrected chi connectivity index (χ1v) is 10.1. The first-order valence-electron chi connectivity index (χ1n) is 10.1. The van der Waals surface area contributed by atoms with Gasteiger partial charge in [-0.25, -0.2) is 0 Å². The molecule has 130 valence electrons. The summed E-state index contributed by atoms with van der Waals surface area (Å²) in [5.74, 6) is 3.78. The van der Waals surface area contributed by atoms with Crippen LogP contribution in [-0.4, -0.2) is 13.1 Å². The Hall–Kier alpha value is -0.530. The van der Waals surface area contributed by atoms with E-state index in [1.807, 2.05) is 0 Å².